The number of halogens is 1. The van der Waals surface area contributed by atoms with E-state index in [0.717, 1.165) is 11.8 Å². The second-order valence-corrected chi connectivity index (χ2v) is 6.92. The van der Waals surface area contributed by atoms with Crippen molar-refractivity contribution in [3.63, 3.8) is 0 Å². The maximum absolute atomic E-state index is 13.8. The van der Waals surface area contributed by atoms with Crippen LogP contribution in [-0.4, -0.2) is 47.8 Å². The fourth-order valence-corrected chi connectivity index (χ4v) is 3.46. The number of nitrogens with zero attached hydrogens (tertiary/aromatic N) is 2. The fraction of sp³-hybridized carbons (Fsp3) is 0.150. The monoisotopic (exact) mass is 416 g/mol. The van der Waals surface area contributed by atoms with Crippen LogP contribution in [0.4, 0.5) is 10.1 Å². The third kappa shape index (κ3) is 4.75. The van der Waals surface area contributed by atoms with Gasteiger partial charge in [-0.25, -0.2) is 14.2 Å². The van der Waals surface area contributed by atoms with E-state index in [1.165, 1.54) is 24.1 Å². The number of hydrogen-bond acceptors (Lipinski definition) is 6. The minimum Gasteiger partial charge on any atom is -0.493 e. The molecule has 0 atom stereocenters. The van der Waals surface area contributed by atoms with Crippen LogP contribution in [0.15, 0.2) is 52.4 Å². The van der Waals surface area contributed by atoms with Gasteiger partial charge in [0, 0.05) is 7.05 Å². The number of carboxylic acids is 1. The molecule has 1 aliphatic rings. The van der Waals surface area contributed by atoms with Gasteiger partial charge in [0.2, 0.25) is 0 Å². The molecule has 1 amide bonds. The average molecular weight is 416 g/mol. The summed E-state index contributed by atoms with van der Waals surface area (Å²) in [6.45, 7) is -0.494. The average Bonchev–Trinajstić information content (AvgIpc) is 2.96. The van der Waals surface area contributed by atoms with Gasteiger partial charge in [-0.1, -0.05) is 18.2 Å². The van der Waals surface area contributed by atoms with Gasteiger partial charge in [0.05, 0.1) is 12.0 Å². The minimum atomic E-state index is -1.10. The molecule has 1 aliphatic heterocycles. The number of rotatable bonds is 6. The summed E-state index contributed by atoms with van der Waals surface area (Å²) in [6.07, 6.45) is 1.65. The highest BCUT2D eigenvalue weighted by Gasteiger charge is 2.30. The highest BCUT2D eigenvalue weighted by Crippen LogP contribution is 2.35. The number of amides is 1. The quantitative estimate of drug-likeness (QED) is 0.725. The van der Waals surface area contributed by atoms with Crippen molar-refractivity contribution in [2.24, 2.45) is 4.99 Å². The van der Waals surface area contributed by atoms with Gasteiger partial charge in [-0.15, -0.1) is 0 Å². The number of carbonyl (C=O) groups excluding carboxylic acids is 1. The zero-order valence-corrected chi connectivity index (χ0v) is 16.4. The lowest BCUT2D eigenvalue weighted by Gasteiger charge is -2.09. The molecule has 2 aromatic rings. The Bertz CT molecular complexity index is 1020. The number of thioether (sulfide) groups is 1. The van der Waals surface area contributed by atoms with Crippen molar-refractivity contribution in [1.29, 1.82) is 0 Å². The van der Waals surface area contributed by atoms with Crippen molar-refractivity contribution < 1.29 is 28.6 Å². The van der Waals surface area contributed by atoms with Gasteiger partial charge < -0.3 is 14.6 Å². The first-order valence-electron chi connectivity index (χ1n) is 8.42. The maximum atomic E-state index is 13.8. The number of carboxylic acid groups (broad SMARTS) is 1. The molecular formula is C20H17FN2O5S. The Balaban J connectivity index is 1.86. The first-order valence-corrected chi connectivity index (χ1v) is 9.24. The van der Waals surface area contributed by atoms with Gasteiger partial charge in [0.15, 0.2) is 23.3 Å². The Hall–Kier alpha value is -3.33. The van der Waals surface area contributed by atoms with Gasteiger partial charge in [-0.3, -0.25) is 9.69 Å². The van der Waals surface area contributed by atoms with Crippen LogP contribution < -0.4 is 9.47 Å². The Kier molecular flexibility index (Phi) is 6.18. The molecule has 7 nitrogen and oxygen atoms in total. The number of likely N-dealkylation sites (N-methyl/N-ethyl adjacent to an activating group) is 1. The first-order chi connectivity index (χ1) is 13.9. The molecule has 0 radical (unpaired) electrons. The molecule has 1 saturated heterocycles. The zero-order chi connectivity index (χ0) is 21.0. The molecule has 9 heteroatoms. The maximum Gasteiger partial charge on any atom is 0.341 e. The van der Waals surface area contributed by atoms with E-state index in [2.05, 4.69) is 4.99 Å². The Morgan fingerprint density at radius 2 is 2.03 bits per heavy atom. The number of methoxy groups -OCH3 is 1. The third-order valence-corrected chi connectivity index (χ3v) is 4.97. The van der Waals surface area contributed by atoms with Gasteiger partial charge in [-0.05, 0) is 47.7 Å². The number of aliphatic imine (C=N–C) groups is 1. The minimum absolute atomic E-state index is 0.150. The number of ether oxygens (including phenoxy) is 2. The lowest BCUT2D eigenvalue weighted by molar-refractivity contribution is -0.139. The van der Waals surface area contributed by atoms with Crippen molar-refractivity contribution >= 4 is 40.6 Å². The van der Waals surface area contributed by atoms with E-state index in [-0.39, 0.29) is 17.3 Å². The van der Waals surface area contributed by atoms with Crippen molar-refractivity contribution in [3.05, 3.63) is 58.8 Å². The second-order valence-electron chi connectivity index (χ2n) is 5.91. The van der Waals surface area contributed by atoms with Crippen LogP contribution in [0.3, 0.4) is 0 Å². The second kappa shape index (κ2) is 8.78. The van der Waals surface area contributed by atoms with E-state index in [0.29, 0.717) is 21.4 Å². The summed E-state index contributed by atoms with van der Waals surface area (Å²) in [5.74, 6) is -1.22. The largest absolute Gasteiger partial charge is 0.493 e. The number of para-hydroxylation sites is 1. The van der Waals surface area contributed by atoms with E-state index in [9.17, 15) is 14.0 Å². The van der Waals surface area contributed by atoms with Crippen molar-refractivity contribution in [2.45, 2.75) is 0 Å². The zero-order valence-electron chi connectivity index (χ0n) is 15.6. The standard InChI is InChI=1S/C20H17FN2O5S/c1-23-19(26)17(29-20(23)22-14-6-4-3-5-13(14)21)10-12-7-8-15(16(9-12)27-2)28-11-18(24)25/h3-10H,11H2,1-2H3,(H,24,25)/b17-10+,22-20?. The molecule has 150 valence electrons. The van der Waals surface area contributed by atoms with Crippen LogP contribution in [0, 0.1) is 5.82 Å². The fourth-order valence-electron chi connectivity index (χ4n) is 2.48. The molecular weight excluding hydrogens is 399 g/mol. The van der Waals surface area contributed by atoms with Crippen molar-refractivity contribution in [1.82, 2.24) is 4.90 Å². The Labute approximate surface area is 170 Å². The molecule has 1 heterocycles. The Morgan fingerprint density at radius 1 is 1.28 bits per heavy atom. The molecule has 2 aromatic carbocycles. The molecule has 0 unspecified atom stereocenters. The van der Waals surface area contributed by atoms with Crippen LogP contribution in [0.1, 0.15) is 5.56 Å². The van der Waals surface area contributed by atoms with Crippen LogP contribution in [0.2, 0.25) is 0 Å². The predicted octanol–water partition coefficient (Wildman–Crippen LogP) is 3.53. The summed E-state index contributed by atoms with van der Waals surface area (Å²) < 4.78 is 24.2. The lowest BCUT2D eigenvalue weighted by Crippen LogP contribution is -2.23. The van der Waals surface area contributed by atoms with E-state index in [4.69, 9.17) is 14.6 Å². The molecule has 0 aliphatic carbocycles. The number of benzene rings is 2. The molecule has 0 saturated carbocycles. The summed E-state index contributed by atoms with van der Waals surface area (Å²) in [7, 11) is 3.00. The van der Waals surface area contributed by atoms with E-state index in [1.54, 1.807) is 43.5 Å². The number of amidine groups is 1. The number of carbonyl (C=O) groups is 2. The third-order valence-electron chi connectivity index (χ3n) is 3.91. The van der Waals surface area contributed by atoms with E-state index < -0.39 is 18.4 Å². The molecule has 0 aromatic heterocycles. The summed E-state index contributed by atoms with van der Waals surface area (Å²) >= 11 is 1.13. The Morgan fingerprint density at radius 3 is 2.72 bits per heavy atom. The van der Waals surface area contributed by atoms with Gasteiger partial charge in [0.25, 0.3) is 5.91 Å². The van der Waals surface area contributed by atoms with Crippen molar-refractivity contribution in [3.8, 4) is 11.5 Å². The van der Waals surface area contributed by atoms with Crippen LogP contribution in [0.5, 0.6) is 11.5 Å². The van der Waals surface area contributed by atoms with Gasteiger partial charge in [-0.2, -0.15) is 0 Å². The normalized spacial score (nSPS) is 16.5. The molecule has 0 bridgehead atoms. The number of hydrogen-bond donors (Lipinski definition) is 1. The SMILES string of the molecule is COc1cc(/C=C2/SC(=Nc3ccccc3F)N(C)C2=O)ccc1OCC(=O)O. The van der Waals surface area contributed by atoms with Crippen LogP contribution >= 0.6 is 11.8 Å². The summed E-state index contributed by atoms with van der Waals surface area (Å²) in [5.41, 5.74) is 0.804. The van der Waals surface area contributed by atoms with Crippen molar-refractivity contribution in [2.75, 3.05) is 20.8 Å². The molecule has 0 spiro atoms. The molecule has 1 N–H and O–H groups in total. The smallest absolute Gasteiger partial charge is 0.341 e. The molecule has 1 fully saturated rings. The predicted molar refractivity (Wildman–Crippen MR) is 108 cm³/mol. The van der Waals surface area contributed by atoms with Gasteiger partial charge >= 0.3 is 5.97 Å². The molecule has 3 rings (SSSR count). The van der Waals surface area contributed by atoms with Crippen LogP contribution in [0.25, 0.3) is 6.08 Å². The summed E-state index contributed by atoms with van der Waals surface area (Å²) in [4.78, 5) is 29.2. The summed E-state index contributed by atoms with van der Waals surface area (Å²) in [5, 5.41) is 9.09. The van der Waals surface area contributed by atoms with Crippen LogP contribution in [-0.2, 0) is 9.59 Å². The first kappa shape index (κ1) is 20.4. The van der Waals surface area contributed by atoms with E-state index in [1.807, 2.05) is 0 Å². The van der Waals surface area contributed by atoms with Gasteiger partial charge in [0.1, 0.15) is 11.5 Å². The highest BCUT2D eigenvalue weighted by atomic mass is 32.2. The topological polar surface area (TPSA) is 88.4 Å². The molecule has 29 heavy (non-hydrogen) atoms. The number of aliphatic carboxylic acids is 1. The highest BCUT2D eigenvalue weighted by molar-refractivity contribution is 8.18. The van der Waals surface area contributed by atoms with E-state index >= 15 is 0 Å². The summed E-state index contributed by atoms with van der Waals surface area (Å²) in [6, 6.07) is 10.9. The lowest BCUT2D eigenvalue weighted by atomic mass is 10.2.